The predicted octanol–water partition coefficient (Wildman–Crippen LogP) is 1.56. The van der Waals surface area contributed by atoms with Gasteiger partial charge in [0, 0.05) is 0 Å². The second-order valence-electron chi connectivity index (χ2n) is 3.14. The molecule has 14 heavy (non-hydrogen) atoms. The van der Waals surface area contributed by atoms with Crippen molar-refractivity contribution < 1.29 is 14.6 Å². The number of aliphatic hydroxyl groups excluding tert-OH is 1. The maximum Gasteiger partial charge on any atom is 0.161 e. The highest BCUT2D eigenvalue weighted by atomic mass is 35.5. The van der Waals surface area contributed by atoms with Crippen molar-refractivity contribution in [3.63, 3.8) is 0 Å². The summed E-state index contributed by atoms with van der Waals surface area (Å²) in [6, 6.07) is 5.37. The predicted molar refractivity (Wildman–Crippen MR) is 53.0 cm³/mol. The standard InChI is InChI=1S/C10H11ClO3/c11-4-8-6-13-10-3-7(5-12)1-2-9(10)14-8/h1-3,8,12H,4-6H2. The van der Waals surface area contributed by atoms with E-state index in [1.54, 1.807) is 18.2 Å². The number of hydrogen-bond donors (Lipinski definition) is 1. The average Bonchev–Trinajstić information content (AvgIpc) is 2.27. The summed E-state index contributed by atoms with van der Waals surface area (Å²) >= 11 is 5.66. The van der Waals surface area contributed by atoms with Crippen LogP contribution in [0.25, 0.3) is 0 Å². The summed E-state index contributed by atoms with van der Waals surface area (Å²) in [5.41, 5.74) is 0.816. The number of fused-ring (bicyclic) bond motifs is 1. The molecule has 1 aliphatic rings. The Morgan fingerprint density at radius 2 is 2.29 bits per heavy atom. The zero-order valence-corrected chi connectivity index (χ0v) is 8.33. The van der Waals surface area contributed by atoms with Gasteiger partial charge in [-0.15, -0.1) is 11.6 Å². The van der Waals surface area contributed by atoms with Gasteiger partial charge in [0.2, 0.25) is 0 Å². The van der Waals surface area contributed by atoms with E-state index in [-0.39, 0.29) is 12.7 Å². The van der Waals surface area contributed by atoms with E-state index in [4.69, 9.17) is 26.2 Å². The molecule has 1 heterocycles. The lowest BCUT2D eigenvalue weighted by molar-refractivity contribution is 0.106. The van der Waals surface area contributed by atoms with Crippen LogP contribution in [0.1, 0.15) is 5.56 Å². The van der Waals surface area contributed by atoms with Crippen LogP contribution in [0, 0.1) is 0 Å². The van der Waals surface area contributed by atoms with Crippen LogP contribution in [-0.4, -0.2) is 23.7 Å². The molecular formula is C10H11ClO3. The van der Waals surface area contributed by atoms with Crippen molar-refractivity contribution in [3.05, 3.63) is 23.8 Å². The fraction of sp³-hybridized carbons (Fsp3) is 0.400. The minimum atomic E-state index is -0.0795. The van der Waals surface area contributed by atoms with Crippen molar-refractivity contribution in [3.8, 4) is 11.5 Å². The minimum absolute atomic E-state index is 0.00950. The van der Waals surface area contributed by atoms with Crippen LogP contribution in [0.3, 0.4) is 0 Å². The lowest BCUT2D eigenvalue weighted by atomic mass is 10.2. The molecule has 1 N–H and O–H groups in total. The van der Waals surface area contributed by atoms with Gasteiger partial charge < -0.3 is 14.6 Å². The fourth-order valence-corrected chi connectivity index (χ4v) is 1.49. The van der Waals surface area contributed by atoms with Gasteiger partial charge in [0.15, 0.2) is 11.5 Å². The summed E-state index contributed by atoms with van der Waals surface area (Å²) in [6.07, 6.45) is -0.0795. The van der Waals surface area contributed by atoms with Crippen LogP contribution in [0.4, 0.5) is 0 Å². The van der Waals surface area contributed by atoms with Crippen molar-refractivity contribution in [1.29, 1.82) is 0 Å². The van der Waals surface area contributed by atoms with Gasteiger partial charge in [-0.05, 0) is 17.7 Å². The molecule has 1 aromatic rings. The number of halogens is 1. The Balaban J connectivity index is 2.23. The zero-order chi connectivity index (χ0) is 9.97. The van der Waals surface area contributed by atoms with Crippen LogP contribution >= 0.6 is 11.6 Å². The smallest absolute Gasteiger partial charge is 0.161 e. The third-order valence-electron chi connectivity index (χ3n) is 2.08. The molecule has 1 aliphatic heterocycles. The summed E-state index contributed by atoms with van der Waals surface area (Å²) in [7, 11) is 0. The van der Waals surface area contributed by atoms with Gasteiger partial charge in [-0.3, -0.25) is 0 Å². The lowest BCUT2D eigenvalue weighted by Crippen LogP contribution is -2.30. The molecule has 76 valence electrons. The van der Waals surface area contributed by atoms with Crippen LogP contribution in [0.5, 0.6) is 11.5 Å². The van der Waals surface area contributed by atoms with Crippen LogP contribution in [0.2, 0.25) is 0 Å². The van der Waals surface area contributed by atoms with Crippen molar-refractivity contribution in [2.75, 3.05) is 12.5 Å². The third kappa shape index (κ3) is 1.79. The van der Waals surface area contributed by atoms with Gasteiger partial charge in [0.1, 0.15) is 12.7 Å². The maximum atomic E-state index is 8.92. The second kappa shape index (κ2) is 4.07. The average molecular weight is 215 g/mol. The van der Waals surface area contributed by atoms with E-state index >= 15 is 0 Å². The van der Waals surface area contributed by atoms with Crippen LogP contribution in [0.15, 0.2) is 18.2 Å². The summed E-state index contributed by atoms with van der Waals surface area (Å²) in [5.74, 6) is 1.79. The van der Waals surface area contributed by atoms with E-state index in [2.05, 4.69) is 0 Å². The van der Waals surface area contributed by atoms with Gasteiger partial charge in [0.25, 0.3) is 0 Å². The summed E-state index contributed by atoms with van der Waals surface area (Å²) in [4.78, 5) is 0. The number of alkyl halides is 1. The topological polar surface area (TPSA) is 38.7 Å². The largest absolute Gasteiger partial charge is 0.486 e. The molecule has 0 bridgehead atoms. The highest BCUT2D eigenvalue weighted by Gasteiger charge is 2.19. The van der Waals surface area contributed by atoms with Crippen molar-refractivity contribution in [1.82, 2.24) is 0 Å². The monoisotopic (exact) mass is 214 g/mol. The first-order chi connectivity index (χ1) is 6.83. The molecule has 0 saturated heterocycles. The highest BCUT2D eigenvalue weighted by Crippen LogP contribution is 2.32. The second-order valence-corrected chi connectivity index (χ2v) is 3.45. The Morgan fingerprint density at radius 3 is 3.00 bits per heavy atom. The first-order valence-electron chi connectivity index (χ1n) is 4.42. The molecule has 4 heteroatoms. The normalized spacial score (nSPS) is 19.4. The van der Waals surface area contributed by atoms with E-state index in [1.165, 1.54) is 0 Å². The van der Waals surface area contributed by atoms with E-state index in [0.717, 1.165) is 5.56 Å². The van der Waals surface area contributed by atoms with Crippen molar-refractivity contribution in [2.24, 2.45) is 0 Å². The minimum Gasteiger partial charge on any atom is -0.486 e. The number of aliphatic hydroxyl groups is 1. The SMILES string of the molecule is OCc1ccc2c(c1)OCC(CCl)O2. The number of hydrogen-bond acceptors (Lipinski definition) is 3. The van der Waals surface area contributed by atoms with Gasteiger partial charge in [-0.1, -0.05) is 6.07 Å². The summed E-state index contributed by atoms with van der Waals surface area (Å²) in [5, 5.41) is 8.92. The van der Waals surface area contributed by atoms with E-state index < -0.39 is 0 Å². The molecule has 0 fully saturated rings. The first-order valence-corrected chi connectivity index (χ1v) is 4.96. The Morgan fingerprint density at radius 1 is 1.43 bits per heavy atom. The molecule has 0 radical (unpaired) electrons. The zero-order valence-electron chi connectivity index (χ0n) is 7.57. The first kappa shape index (κ1) is 9.62. The molecule has 2 rings (SSSR count). The third-order valence-corrected chi connectivity index (χ3v) is 2.43. The maximum absolute atomic E-state index is 8.92. The van der Waals surface area contributed by atoms with Gasteiger partial charge in [-0.25, -0.2) is 0 Å². The van der Waals surface area contributed by atoms with Crippen molar-refractivity contribution >= 4 is 11.6 Å². The molecule has 0 spiro atoms. The Kier molecular flexibility index (Phi) is 2.79. The Bertz CT molecular complexity index is 327. The number of benzene rings is 1. The van der Waals surface area contributed by atoms with E-state index in [1.807, 2.05) is 0 Å². The quantitative estimate of drug-likeness (QED) is 0.760. The molecular weight excluding hydrogens is 204 g/mol. The molecule has 1 unspecified atom stereocenters. The molecule has 0 amide bonds. The van der Waals surface area contributed by atoms with Gasteiger partial charge in [0.05, 0.1) is 12.5 Å². The molecule has 0 aliphatic carbocycles. The molecule has 1 aromatic carbocycles. The van der Waals surface area contributed by atoms with E-state index in [0.29, 0.717) is 24.0 Å². The highest BCUT2D eigenvalue weighted by molar-refractivity contribution is 6.18. The van der Waals surface area contributed by atoms with Crippen LogP contribution < -0.4 is 9.47 Å². The van der Waals surface area contributed by atoms with Gasteiger partial charge in [-0.2, -0.15) is 0 Å². The molecule has 0 saturated carbocycles. The summed E-state index contributed by atoms with van der Waals surface area (Å²) < 4.78 is 11.0. The molecule has 0 aromatic heterocycles. The summed E-state index contributed by atoms with van der Waals surface area (Å²) in [6.45, 7) is 0.473. The number of rotatable bonds is 2. The Labute approximate surface area is 87.2 Å². The number of ether oxygens (including phenoxy) is 2. The fourth-order valence-electron chi connectivity index (χ4n) is 1.33. The van der Waals surface area contributed by atoms with Gasteiger partial charge >= 0.3 is 0 Å². The lowest BCUT2D eigenvalue weighted by Gasteiger charge is -2.25. The van der Waals surface area contributed by atoms with Crippen molar-refractivity contribution in [2.45, 2.75) is 12.7 Å². The Hall–Kier alpha value is -0.930. The van der Waals surface area contributed by atoms with Crippen LogP contribution in [-0.2, 0) is 6.61 Å². The van der Waals surface area contributed by atoms with E-state index in [9.17, 15) is 0 Å². The molecule has 3 nitrogen and oxygen atoms in total. The molecule has 1 atom stereocenters.